The van der Waals surface area contributed by atoms with E-state index in [2.05, 4.69) is 15.0 Å². The minimum absolute atomic E-state index is 0.0908. The minimum Gasteiger partial charge on any atom is -0.494 e. The summed E-state index contributed by atoms with van der Waals surface area (Å²) in [6, 6.07) is 12.9. The van der Waals surface area contributed by atoms with Gasteiger partial charge < -0.3 is 5.11 Å². The second kappa shape index (κ2) is 8.09. The Kier molecular flexibility index (Phi) is 5.72. The number of nitrogens with zero attached hydrogens (tertiary/aromatic N) is 2. The van der Waals surface area contributed by atoms with Crippen LogP contribution >= 0.6 is 0 Å². The molecule has 9 nitrogen and oxygen atoms in total. The first-order valence-corrected chi connectivity index (χ1v) is 10.3. The zero-order valence-electron chi connectivity index (χ0n) is 16.5. The number of benzene rings is 2. The van der Waals surface area contributed by atoms with Crippen LogP contribution in [0.2, 0.25) is 0 Å². The molecular weight excluding hydrogens is 408 g/mol. The van der Waals surface area contributed by atoms with Crippen LogP contribution in [0.4, 0.5) is 5.69 Å². The summed E-state index contributed by atoms with van der Waals surface area (Å²) in [6.45, 7) is 1.90. The third kappa shape index (κ3) is 4.24. The number of H-pyrrole nitrogens is 2. The van der Waals surface area contributed by atoms with Crippen molar-refractivity contribution in [2.75, 3.05) is 14.1 Å². The molecule has 156 valence electrons. The topological polar surface area (TPSA) is 136 Å². The standard InChI is InChI=1S/C20H20N4O5S/c1-12-4-6-13(7-5-12)17(16-18(25)22-20(27)23-19(16)26)21-14-8-10-15(11-9-14)30(28,29)24(2)3/h4-11H,1-3H3,(H3,22,23,25,26,27). The van der Waals surface area contributed by atoms with Crippen molar-refractivity contribution in [1.29, 1.82) is 0 Å². The summed E-state index contributed by atoms with van der Waals surface area (Å²) in [6.07, 6.45) is 0. The monoisotopic (exact) mass is 428 g/mol. The average molecular weight is 428 g/mol. The molecule has 0 aliphatic rings. The Morgan fingerprint density at radius 2 is 1.57 bits per heavy atom. The molecular formula is C20H20N4O5S. The number of aryl methyl sites for hydroxylation is 1. The molecule has 10 heteroatoms. The predicted molar refractivity (Wildman–Crippen MR) is 113 cm³/mol. The Morgan fingerprint density at radius 1 is 0.967 bits per heavy atom. The molecule has 0 fully saturated rings. The van der Waals surface area contributed by atoms with Crippen LogP contribution in [0.3, 0.4) is 0 Å². The van der Waals surface area contributed by atoms with Gasteiger partial charge in [-0.15, -0.1) is 0 Å². The number of rotatable bonds is 5. The highest BCUT2D eigenvalue weighted by Gasteiger charge is 2.19. The molecule has 0 aliphatic carbocycles. The quantitative estimate of drug-likeness (QED) is 0.529. The SMILES string of the molecule is Cc1ccc(C(=Nc2ccc(S(=O)(=O)N(C)C)cc2)c2c(O)[nH]c(=O)[nH]c2=O)cc1. The summed E-state index contributed by atoms with van der Waals surface area (Å²) < 4.78 is 25.6. The molecule has 0 unspecified atom stereocenters. The van der Waals surface area contributed by atoms with Gasteiger partial charge in [0.15, 0.2) is 0 Å². The molecule has 3 rings (SSSR count). The zero-order valence-corrected chi connectivity index (χ0v) is 17.3. The Balaban J connectivity index is 2.19. The minimum atomic E-state index is -3.60. The first kappa shape index (κ1) is 21.2. The Hall–Kier alpha value is -3.50. The maximum atomic E-state index is 12.4. The van der Waals surface area contributed by atoms with E-state index in [0.717, 1.165) is 9.87 Å². The van der Waals surface area contributed by atoms with Gasteiger partial charge in [-0.3, -0.25) is 14.8 Å². The second-order valence-corrected chi connectivity index (χ2v) is 8.89. The lowest BCUT2D eigenvalue weighted by Crippen LogP contribution is -2.28. The van der Waals surface area contributed by atoms with Crippen molar-refractivity contribution in [2.24, 2.45) is 4.99 Å². The van der Waals surface area contributed by atoms with Crippen LogP contribution in [0.15, 0.2) is 68.0 Å². The van der Waals surface area contributed by atoms with Crippen LogP contribution in [0.1, 0.15) is 16.7 Å². The van der Waals surface area contributed by atoms with Crippen LogP contribution < -0.4 is 11.2 Å². The number of hydrogen-bond donors (Lipinski definition) is 3. The van der Waals surface area contributed by atoms with Crippen LogP contribution in [0, 0.1) is 6.92 Å². The molecule has 0 saturated carbocycles. The zero-order chi connectivity index (χ0) is 22.1. The molecule has 3 aromatic rings. The molecule has 0 radical (unpaired) electrons. The molecule has 0 aliphatic heterocycles. The lowest BCUT2D eigenvalue weighted by molar-refractivity contribution is 0.447. The van der Waals surface area contributed by atoms with Crippen molar-refractivity contribution in [1.82, 2.24) is 14.3 Å². The maximum Gasteiger partial charge on any atom is 0.328 e. The Bertz CT molecular complexity index is 1320. The highest BCUT2D eigenvalue weighted by Crippen LogP contribution is 2.22. The van der Waals surface area contributed by atoms with E-state index >= 15 is 0 Å². The fourth-order valence-electron chi connectivity index (χ4n) is 2.70. The molecule has 1 heterocycles. The van der Waals surface area contributed by atoms with Gasteiger partial charge in [0, 0.05) is 19.7 Å². The summed E-state index contributed by atoms with van der Waals surface area (Å²) >= 11 is 0. The van der Waals surface area contributed by atoms with E-state index in [0.29, 0.717) is 11.3 Å². The third-order valence-electron chi connectivity index (χ3n) is 4.34. The lowest BCUT2D eigenvalue weighted by atomic mass is 10.0. The molecule has 3 N–H and O–H groups in total. The molecule has 1 aromatic heterocycles. The number of aromatic amines is 2. The number of sulfonamides is 1. The summed E-state index contributed by atoms with van der Waals surface area (Å²) in [5, 5.41) is 10.2. The van der Waals surface area contributed by atoms with Crippen molar-refractivity contribution < 1.29 is 13.5 Å². The number of aliphatic imine (C=N–C) groups is 1. The van der Waals surface area contributed by atoms with Gasteiger partial charge in [0.1, 0.15) is 5.56 Å². The van der Waals surface area contributed by atoms with Gasteiger partial charge in [-0.2, -0.15) is 0 Å². The van der Waals surface area contributed by atoms with Gasteiger partial charge in [0.25, 0.3) is 5.56 Å². The number of aromatic hydroxyl groups is 1. The van der Waals surface area contributed by atoms with Crippen molar-refractivity contribution in [3.8, 4) is 5.88 Å². The Labute approximate surface area is 172 Å². The number of nitrogens with one attached hydrogen (secondary N) is 2. The fraction of sp³-hybridized carbons (Fsp3) is 0.150. The van der Waals surface area contributed by atoms with E-state index in [1.165, 1.54) is 38.4 Å². The van der Waals surface area contributed by atoms with E-state index < -0.39 is 27.2 Å². The number of aromatic nitrogens is 2. The smallest absolute Gasteiger partial charge is 0.328 e. The highest BCUT2D eigenvalue weighted by atomic mass is 32.2. The van der Waals surface area contributed by atoms with Crippen LogP contribution in [-0.4, -0.2) is 47.6 Å². The third-order valence-corrected chi connectivity index (χ3v) is 6.17. The van der Waals surface area contributed by atoms with Crippen LogP contribution in [-0.2, 0) is 10.0 Å². The van der Waals surface area contributed by atoms with E-state index in [9.17, 15) is 23.1 Å². The van der Waals surface area contributed by atoms with Crippen molar-refractivity contribution in [3.05, 3.63) is 86.1 Å². The summed E-state index contributed by atoms with van der Waals surface area (Å²) in [4.78, 5) is 32.6. The summed E-state index contributed by atoms with van der Waals surface area (Å²) in [7, 11) is -0.734. The molecule has 0 atom stereocenters. The van der Waals surface area contributed by atoms with Gasteiger partial charge >= 0.3 is 5.69 Å². The van der Waals surface area contributed by atoms with Gasteiger partial charge in [0.05, 0.1) is 16.3 Å². The van der Waals surface area contributed by atoms with E-state index in [-0.39, 0.29) is 16.2 Å². The fourth-order valence-corrected chi connectivity index (χ4v) is 3.60. The van der Waals surface area contributed by atoms with Crippen molar-refractivity contribution in [3.63, 3.8) is 0 Å². The van der Waals surface area contributed by atoms with Crippen LogP contribution in [0.25, 0.3) is 0 Å². The lowest BCUT2D eigenvalue weighted by Gasteiger charge is -2.12. The maximum absolute atomic E-state index is 12.4. The molecule has 0 amide bonds. The van der Waals surface area contributed by atoms with Gasteiger partial charge in [0.2, 0.25) is 15.9 Å². The highest BCUT2D eigenvalue weighted by molar-refractivity contribution is 7.89. The van der Waals surface area contributed by atoms with Crippen LogP contribution in [0.5, 0.6) is 5.88 Å². The first-order valence-electron chi connectivity index (χ1n) is 8.84. The molecule has 0 bridgehead atoms. The number of hydrogen-bond acceptors (Lipinski definition) is 6. The molecule has 30 heavy (non-hydrogen) atoms. The normalized spacial score (nSPS) is 12.3. The summed E-state index contributed by atoms with van der Waals surface area (Å²) in [5.41, 5.74) is 0.129. The molecule has 0 saturated heterocycles. The molecule has 2 aromatic carbocycles. The average Bonchev–Trinajstić information content (AvgIpc) is 2.67. The van der Waals surface area contributed by atoms with Crippen molar-refractivity contribution >= 4 is 21.4 Å². The van der Waals surface area contributed by atoms with Gasteiger partial charge in [-0.25, -0.2) is 22.5 Å². The van der Waals surface area contributed by atoms with Gasteiger partial charge in [-0.1, -0.05) is 29.8 Å². The van der Waals surface area contributed by atoms with E-state index in [1.54, 1.807) is 12.1 Å². The van der Waals surface area contributed by atoms with Gasteiger partial charge in [-0.05, 0) is 31.2 Å². The predicted octanol–water partition coefficient (Wildman–Crippen LogP) is 1.50. The Morgan fingerprint density at radius 3 is 2.10 bits per heavy atom. The summed E-state index contributed by atoms with van der Waals surface area (Å²) in [5.74, 6) is -0.616. The van der Waals surface area contributed by atoms with Crippen molar-refractivity contribution in [2.45, 2.75) is 11.8 Å². The first-order chi connectivity index (χ1) is 14.1. The second-order valence-electron chi connectivity index (χ2n) is 6.74. The molecule has 0 spiro atoms. The van der Waals surface area contributed by atoms with E-state index in [4.69, 9.17) is 0 Å². The van der Waals surface area contributed by atoms with E-state index in [1.807, 2.05) is 19.1 Å². The largest absolute Gasteiger partial charge is 0.494 e.